The Morgan fingerprint density at radius 3 is 2.66 bits per heavy atom. The van der Waals surface area contributed by atoms with Gasteiger partial charge in [0.2, 0.25) is 11.8 Å². The molecule has 150 valence electrons. The molecule has 0 saturated carbocycles. The molecular weight excluding hydrogens is 370 g/mol. The van der Waals surface area contributed by atoms with E-state index in [2.05, 4.69) is 17.2 Å². The van der Waals surface area contributed by atoms with Gasteiger partial charge < -0.3 is 5.32 Å². The number of anilines is 1. The molecule has 7 heteroatoms. The van der Waals surface area contributed by atoms with E-state index in [0.717, 1.165) is 16.0 Å². The smallest absolute Gasteiger partial charge is 0.264 e. The normalized spacial score (nSPS) is 19.9. The van der Waals surface area contributed by atoms with Crippen LogP contribution in [0.25, 0.3) is 0 Å². The molecule has 1 fully saturated rings. The molecule has 29 heavy (non-hydrogen) atoms. The topological polar surface area (TPSA) is 95.6 Å². The molecule has 2 aliphatic rings. The predicted octanol–water partition coefficient (Wildman–Crippen LogP) is 2.58. The minimum atomic E-state index is -0.971. The lowest BCUT2D eigenvalue weighted by atomic mass is 10.0. The number of allylic oxidation sites excluding steroid dienone is 4. The van der Waals surface area contributed by atoms with Crippen LogP contribution in [0.4, 0.5) is 5.69 Å². The fraction of sp³-hybridized carbons (Fsp3) is 0.273. The molecule has 0 bridgehead atoms. The molecule has 2 N–H and O–H groups in total. The number of hydrogen-bond donors (Lipinski definition) is 2. The number of imide groups is 2. The third-order valence-electron chi connectivity index (χ3n) is 4.98. The monoisotopic (exact) mass is 393 g/mol. The van der Waals surface area contributed by atoms with Crippen molar-refractivity contribution in [1.29, 1.82) is 0 Å². The second kappa shape index (κ2) is 8.26. The molecule has 1 aromatic rings. The zero-order valence-corrected chi connectivity index (χ0v) is 16.5. The first-order valence-electron chi connectivity index (χ1n) is 9.38. The van der Waals surface area contributed by atoms with Crippen molar-refractivity contribution in [3.05, 3.63) is 65.3 Å². The molecule has 1 atom stereocenters. The van der Waals surface area contributed by atoms with Gasteiger partial charge in [-0.15, -0.1) is 0 Å². The summed E-state index contributed by atoms with van der Waals surface area (Å²) < 4.78 is 0. The fourth-order valence-electron chi connectivity index (χ4n) is 3.30. The average molecular weight is 393 g/mol. The molecule has 0 aliphatic carbocycles. The Morgan fingerprint density at radius 1 is 1.21 bits per heavy atom. The maximum Gasteiger partial charge on any atom is 0.264 e. The van der Waals surface area contributed by atoms with E-state index in [9.17, 15) is 19.2 Å². The van der Waals surface area contributed by atoms with Crippen molar-refractivity contribution in [2.24, 2.45) is 0 Å². The Labute approximate surface area is 169 Å². The van der Waals surface area contributed by atoms with Crippen molar-refractivity contribution < 1.29 is 19.2 Å². The number of nitrogens with zero attached hydrogens (tertiary/aromatic N) is 1. The third kappa shape index (κ3) is 4.03. The predicted molar refractivity (Wildman–Crippen MR) is 109 cm³/mol. The van der Waals surface area contributed by atoms with Gasteiger partial charge >= 0.3 is 0 Å². The van der Waals surface area contributed by atoms with Crippen LogP contribution in [0.2, 0.25) is 0 Å². The van der Waals surface area contributed by atoms with Crippen LogP contribution in [-0.4, -0.2) is 41.1 Å². The van der Waals surface area contributed by atoms with Crippen LogP contribution >= 0.6 is 0 Å². The molecule has 0 radical (unpaired) electrons. The third-order valence-corrected chi connectivity index (χ3v) is 4.98. The van der Waals surface area contributed by atoms with Crippen LogP contribution in [0, 0.1) is 0 Å². The first-order chi connectivity index (χ1) is 13.8. The summed E-state index contributed by atoms with van der Waals surface area (Å²) in [5, 5.41) is 5.40. The van der Waals surface area contributed by atoms with Crippen LogP contribution in [0.3, 0.4) is 0 Å². The molecule has 3 rings (SSSR count). The number of rotatable bonds is 6. The van der Waals surface area contributed by atoms with Gasteiger partial charge in [-0.2, -0.15) is 0 Å². The highest BCUT2D eigenvalue weighted by molar-refractivity contribution is 6.25. The molecule has 1 saturated heterocycles. The molecule has 2 heterocycles. The van der Waals surface area contributed by atoms with E-state index >= 15 is 0 Å². The van der Waals surface area contributed by atoms with E-state index in [1.54, 1.807) is 24.3 Å². The van der Waals surface area contributed by atoms with Gasteiger partial charge in [-0.3, -0.25) is 29.4 Å². The summed E-state index contributed by atoms with van der Waals surface area (Å²) in [4.78, 5) is 50.4. The zero-order chi connectivity index (χ0) is 21.1. The molecule has 1 aromatic carbocycles. The van der Waals surface area contributed by atoms with Gasteiger partial charge in [-0.25, -0.2) is 0 Å². The second-order valence-electron chi connectivity index (χ2n) is 7.16. The summed E-state index contributed by atoms with van der Waals surface area (Å²) in [7, 11) is 0. The Kier molecular flexibility index (Phi) is 5.77. The largest absolute Gasteiger partial charge is 0.381 e. The van der Waals surface area contributed by atoms with Crippen LogP contribution in [0.5, 0.6) is 0 Å². The van der Waals surface area contributed by atoms with Crippen molar-refractivity contribution >= 4 is 29.3 Å². The summed E-state index contributed by atoms with van der Waals surface area (Å²) in [5.74, 6) is -2.05. The van der Waals surface area contributed by atoms with Crippen LogP contribution < -0.4 is 10.6 Å². The summed E-state index contributed by atoms with van der Waals surface area (Å²) >= 11 is 0. The summed E-state index contributed by atoms with van der Waals surface area (Å²) in [6.45, 7) is 8.09. The zero-order valence-electron chi connectivity index (χ0n) is 16.5. The minimum Gasteiger partial charge on any atom is -0.381 e. The van der Waals surface area contributed by atoms with Crippen molar-refractivity contribution in [2.45, 2.75) is 32.7 Å². The van der Waals surface area contributed by atoms with Gasteiger partial charge in [0.1, 0.15) is 6.04 Å². The summed E-state index contributed by atoms with van der Waals surface area (Å²) in [6, 6.07) is 4.03. The highest BCUT2D eigenvalue weighted by Gasteiger charge is 2.45. The van der Waals surface area contributed by atoms with Crippen molar-refractivity contribution in [1.82, 2.24) is 10.2 Å². The number of carbonyl (C=O) groups is 4. The fourth-order valence-corrected chi connectivity index (χ4v) is 3.30. The molecule has 7 nitrogen and oxygen atoms in total. The summed E-state index contributed by atoms with van der Waals surface area (Å²) in [6.07, 6.45) is 5.88. The number of carbonyl (C=O) groups excluding carboxylic acids is 4. The van der Waals surface area contributed by atoms with E-state index in [-0.39, 0.29) is 24.0 Å². The van der Waals surface area contributed by atoms with Crippen molar-refractivity contribution in [3.8, 4) is 0 Å². The maximum atomic E-state index is 13.0. The molecule has 0 spiro atoms. The number of benzene rings is 1. The highest BCUT2D eigenvalue weighted by atomic mass is 16.2. The maximum absolute atomic E-state index is 13.0. The van der Waals surface area contributed by atoms with Gasteiger partial charge in [-0.05, 0) is 32.4 Å². The minimum absolute atomic E-state index is 0.0938. The molecule has 1 unspecified atom stereocenters. The lowest BCUT2D eigenvalue weighted by molar-refractivity contribution is -0.136. The number of nitrogens with one attached hydrogen (secondary N) is 2. The molecule has 2 aliphatic heterocycles. The second-order valence-corrected chi connectivity index (χ2v) is 7.16. The molecule has 4 amide bonds. The van der Waals surface area contributed by atoms with Gasteiger partial charge in [0, 0.05) is 18.7 Å². The standard InChI is InChI=1S/C22H23N3O4/c1-4-13(2)8-9-14(3)12-23-16-7-5-6-15-19(16)22(29)25(21(15)28)17-10-11-18(26)24-20(17)27/h4-9,17,23H,1,10-12H2,2-3H3,(H,24,26,27)/b13-8-,14-9+. The van der Waals surface area contributed by atoms with Crippen molar-refractivity contribution in [2.75, 3.05) is 11.9 Å². The van der Waals surface area contributed by atoms with E-state index in [1.165, 1.54) is 0 Å². The number of hydrogen-bond acceptors (Lipinski definition) is 5. The quantitative estimate of drug-likeness (QED) is 0.572. The van der Waals surface area contributed by atoms with E-state index in [4.69, 9.17) is 0 Å². The van der Waals surface area contributed by atoms with E-state index in [0.29, 0.717) is 12.2 Å². The van der Waals surface area contributed by atoms with Gasteiger partial charge in [0.25, 0.3) is 11.8 Å². The van der Waals surface area contributed by atoms with Crippen molar-refractivity contribution in [3.63, 3.8) is 0 Å². The highest BCUT2D eigenvalue weighted by Crippen LogP contribution is 2.32. The lowest BCUT2D eigenvalue weighted by Gasteiger charge is -2.27. The Balaban J connectivity index is 1.82. The van der Waals surface area contributed by atoms with E-state index < -0.39 is 29.7 Å². The SMILES string of the molecule is C=C/C(C)=C\C=C(/C)CNc1cccc2c1C(=O)N(C1CCC(=O)NC1=O)C2=O. The Hall–Kier alpha value is -3.48. The Bertz CT molecular complexity index is 974. The number of amides is 4. The van der Waals surface area contributed by atoms with Crippen LogP contribution in [-0.2, 0) is 9.59 Å². The Morgan fingerprint density at radius 2 is 1.97 bits per heavy atom. The average Bonchev–Trinajstić information content (AvgIpc) is 2.95. The number of piperidine rings is 1. The van der Waals surface area contributed by atoms with Gasteiger partial charge in [-0.1, -0.05) is 42.0 Å². The number of fused-ring (bicyclic) bond motifs is 1. The van der Waals surface area contributed by atoms with Gasteiger partial charge in [0.15, 0.2) is 0 Å². The molecular formula is C22H23N3O4. The first-order valence-corrected chi connectivity index (χ1v) is 9.38. The van der Waals surface area contributed by atoms with E-state index in [1.807, 2.05) is 26.0 Å². The van der Waals surface area contributed by atoms with Crippen LogP contribution in [0.15, 0.2) is 54.2 Å². The van der Waals surface area contributed by atoms with Gasteiger partial charge in [0.05, 0.1) is 11.1 Å². The first kappa shape index (κ1) is 20.3. The lowest BCUT2D eigenvalue weighted by Crippen LogP contribution is -2.54. The van der Waals surface area contributed by atoms with Crippen LogP contribution in [0.1, 0.15) is 47.4 Å². The molecule has 0 aromatic heterocycles. The summed E-state index contributed by atoms with van der Waals surface area (Å²) in [5.41, 5.74) is 3.11.